The lowest BCUT2D eigenvalue weighted by molar-refractivity contribution is 0.602. The van der Waals surface area contributed by atoms with Gasteiger partial charge in [-0.05, 0) is 12.1 Å². The van der Waals surface area contributed by atoms with Crippen molar-refractivity contribution < 1.29 is 8.42 Å². The molecule has 2 aromatic heterocycles. The molecular formula is C11H7ClN4O2S. The summed E-state index contributed by atoms with van der Waals surface area (Å²) in [6, 6.07) is 9.39. The molecule has 0 atom stereocenters. The van der Waals surface area contributed by atoms with E-state index in [1.807, 2.05) is 30.3 Å². The highest BCUT2D eigenvalue weighted by Gasteiger charge is 2.17. The maximum atomic E-state index is 11.1. The Morgan fingerprint density at radius 1 is 1.21 bits per heavy atom. The third kappa shape index (κ3) is 2.29. The van der Waals surface area contributed by atoms with Gasteiger partial charge in [0.05, 0.1) is 5.52 Å². The van der Waals surface area contributed by atoms with Gasteiger partial charge in [0.2, 0.25) is 0 Å². The largest absolute Gasteiger partial charge is 0.296 e. The molecule has 0 unspecified atom stereocenters. The van der Waals surface area contributed by atoms with E-state index in [1.165, 1.54) is 0 Å². The van der Waals surface area contributed by atoms with Crippen LogP contribution >= 0.6 is 10.7 Å². The molecule has 2 heterocycles. The number of benzene rings is 1. The molecular weight excluding hydrogens is 288 g/mol. The van der Waals surface area contributed by atoms with E-state index in [2.05, 4.69) is 20.2 Å². The zero-order valence-corrected chi connectivity index (χ0v) is 11.0. The number of rotatable bonds is 2. The molecule has 19 heavy (non-hydrogen) atoms. The van der Waals surface area contributed by atoms with Gasteiger partial charge in [0.1, 0.15) is 0 Å². The van der Waals surface area contributed by atoms with Crippen LogP contribution in [0.15, 0.2) is 41.7 Å². The van der Waals surface area contributed by atoms with Crippen LogP contribution in [0, 0.1) is 0 Å². The van der Waals surface area contributed by atoms with Gasteiger partial charge in [-0.15, -0.1) is 0 Å². The monoisotopic (exact) mass is 294 g/mol. The molecule has 3 rings (SSSR count). The second-order valence-electron chi connectivity index (χ2n) is 3.82. The van der Waals surface area contributed by atoms with E-state index in [-0.39, 0.29) is 11.0 Å². The Labute approximate surface area is 112 Å². The number of hydrogen-bond donors (Lipinski definition) is 1. The van der Waals surface area contributed by atoms with E-state index in [4.69, 9.17) is 10.7 Å². The van der Waals surface area contributed by atoms with Crippen molar-refractivity contribution in [2.45, 2.75) is 5.16 Å². The molecule has 0 spiro atoms. The average molecular weight is 295 g/mol. The van der Waals surface area contributed by atoms with Gasteiger partial charge in [0.25, 0.3) is 14.2 Å². The number of para-hydroxylation sites is 1. The lowest BCUT2D eigenvalue weighted by Gasteiger charge is -1.98. The molecule has 0 saturated heterocycles. The third-order valence-corrected chi connectivity index (χ3v) is 3.63. The zero-order chi connectivity index (χ0) is 13.5. The first-order valence-corrected chi connectivity index (χ1v) is 7.57. The quantitative estimate of drug-likeness (QED) is 0.730. The minimum absolute atomic E-state index is 0.234. The summed E-state index contributed by atoms with van der Waals surface area (Å²) in [5.41, 5.74) is 1.45. The Morgan fingerprint density at radius 3 is 2.74 bits per heavy atom. The Morgan fingerprint density at radius 2 is 2.00 bits per heavy atom. The first-order chi connectivity index (χ1) is 9.04. The van der Waals surface area contributed by atoms with E-state index in [0.717, 1.165) is 10.9 Å². The van der Waals surface area contributed by atoms with Gasteiger partial charge < -0.3 is 0 Å². The summed E-state index contributed by atoms with van der Waals surface area (Å²) < 4.78 is 22.2. The SMILES string of the molecule is O=S(=O)(Cl)c1nc(-c2cnc3ccccc3c2)n[nH]1. The lowest BCUT2D eigenvalue weighted by atomic mass is 10.1. The molecule has 0 bridgehead atoms. The number of fused-ring (bicyclic) bond motifs is 1. The van der Waals surface area contributed by atoms with Crippen molar-refractivity contribution in [3.63, 3.8) is 0 Å². The van der Waals surface area contributed by atoms with Crippen LogP contribution in [0.2, 0.25) is 0 Å². The number of aromatic amines is 1. The predicted molar refractivity (Wildman–Crippen MR) is 70.2 cm³/mol. The van der Waals surface area contributed by atoms with Crippen LogP contribution in [0.5, 0.6) is 0 Å². The van der Waals surface area contributed by atoms with E-state index >= 15 is 0 Å². The number of nitrogens with one attached hydrogen (secondary N) is 1. The summed E-state index contributed by atoms with van der Waals surface area (Å²) >= 11 is 0. The first-order valence-electron chi connectivity index (χ1n) is 5.26. The number of nitrogens with zero attached hydrogens (tertiary/aromatic N) is 3. The molecule has 3 aromatic rings. The van der Waals surface area contributed by atoms with Gasteiger partial charge >= 0.3 is 0 Å². The number of halogens is 1. The van der Waals surface area contributed by atoms with Crippen LogP contribution < -0.4 is 0 Å². The highest BCUT2D eigenvalue weighted by molar-refractivity contribution is 8.13. The van der Waals surface area contributed by atoms with Gasteiger partial charge in [-0.3, -0.25) is 4.98 Å². The van der Waals surface area contributed by atoms with Gasteiger partial charge in [-0.25, -0.2) is 13.5 Å². The highest BCUT2D eigenvalue weighted by Crippen LogP contribution is 2.21. The number of H-pyrrole nitrogens is 1. The van der Waals surface area contributed by atoms with Crippen molar-refractivity contribution in [3.05, 3.63) is 36.5 Å². The zero-order valence-electron chi connectivity index (χ0n) is 9.41. The fraction of sp³-hybridized carbons (Fsp3) is 0. The topological polar surface area (TPSA) is 88.6 Å². The summed E-state index contributed by atoms with van der Waals surface area (Å²) in [5, 5.41) is 6.64. The van der Waals surface area contributed by atoms with Crippen LogP contribution in [0.4, 0.5) is 0 Å². The van der Waals surface area contributed by atoms with Gasteiger partial charge in [-0.1, -0.05) is 18.2 Å². The van der Waals surface area contributed by atoms with Crippen LogP contribution in [-0.4, -0.2) is 28.6 Å². The van der Waals surface area contributed by atoms with Crippen molar-refractivity contribution in [1.29, 1.82) is 0 Å². The molecule has 0 saturated carbocycles. The van der Waals surface area contributed by atoms with E-state index < -0.39 is 9.05 Å². The average Bonchev–Trinajstić information content (AvgIpc) is 2.87. The second-order valence-corrected chi connectivity index (χ2v) is 6.30. The van der Waals surface area contributed by atoms with Crippen molar-refractivity contribution in [2.75, 3.05) is 0 Å². The van der Waals surface area contributed by atoms with E-state index in [9.17, 15) is 8.42 Å². The summed E-state index contributed by atoms with van der Waals surface area (Å²) in [7, 11) is 1.27. The smallest absolute Gasteiger partial charge is 0.255 e. The molecule has 0 fully saturated rings. The van der Waals surface area contributed by atoms with E-state index in [0.29, 0.717) is 5.56 Å². The van der Waals surface area contributed by atoms with E-state index in [1.54, 1.807) is 6.20 Å². The summed E-state index contributed by atoms with van der Waals surface area (Å²) in [5.74, 6) is 0.234. The molecule has 1 N–H and O–H groups in total. The Balaban J connectivity index is 2.11. The minimum atomic E-state index is -3.91. The number of aromatic nitrogens is 4. The fourth-order valence-corrected chi connectivity index (χ4v) is 2.24. The molecule has 0 aliphatic carbocycles. The maximum absolute atomic E-state index is 11.1. The Bertz CT molecular complexity index is 860. The summed E-state index contributed by atoms with van der Waals surface area (Å²) in [6.45, 7) is 0. The minimum Gasteiger partial charge on any atom is -0.255 e. The Kier molecular flexibility index (Phi) is 2.72. The first kappa shape index (κ1) is 12.1. The highest BCUT2D eigenvalue weighted by atomic mass is 35.7. The number of pyridine rings is 1. The summed E-state index contributed by atoms with van der Waals surface area (Å²) in [4.78, 5) is 8.08. The fourth-order valence-electron chi connectivity index (χ4n) is 1.68. The van der Waals surface area contributed by atoms with Crippen molar-refractivity contribution in [3.8, 4) is 11.4 Å². The standard InChI is InChI=1S/C11H7ClN4O2S/c12-19(17,18)11-14-10(15-16-11)8-5-7-3-1-2-4-9(7)13-6-8/h1-6H,(H,14,15,16). The van der Waals surface area contributed by atoms with Crippen molar-refractivity contribution >= 4 is 30.6 Å². The van der Waals surface area contributed by atoms with Gasteiger partial charge in [0, 0.05) is 27.8 Å². The third-order valence-electron chi connectivity index (χ3n) is 2.54. The van der Waals surface area contributed by atoms with Gasteiger partial charge in [-0.2, -0.15) is 10.1 Å². The molecule has 8 heteroatoms. The predicted octanol–water partition coefficient (Wildman–Crippen LogP) is 1.95. The van der Waals surface area contributed by atoms with Crippen LogP contribution in [-0.2, 0) is 9.05 Å². The lowest BCUT2D eigenvalue weighted by Crippen LogP contribution is -1.92. The molecule has 1 aromatic carbocycles. The van der Waals surface area contributed by atoms with Crippen molar-refractivity contribution in [2.24, 2.45) is 0 Å². The van der Waals surface area contributed by atoms with Crippen LogP contribution in [0.25, 0.3) is 22.3 Å². The van der Waals surface area contributed by atoms with Gasteiger partial charge in [0.15, 0.2) is 5.82 Å². The summed E-state index contributed by atoms with van der Waals surface area (Å²) in [6.07, 6.45) is 1.58. The van der Waals surface area contributed by atoms with Crippen LogP contribution in [0.1, 0.15) is 0 Å². The molecule has 6 nitrogen and oxygen atoms in total. The normalized spacial score (nSPS) is 11.8. The van der Waals surface area contributed by atoms with Crippen LogP contribution in [0.3, 0.4) is 0 Å². The number of hydrogen-bond acceptors (Lipinski definition) is 5. The molecule has 0 aliphatic heterocycles. The molecule has 0 amide bonds. The van der Waals surface area contributed by atoms with Crippen molar-refractivity contribution in [1.82, 2.24) is 20.2 Å². The maximum Gasteiger partial charge on any atom is 0.296 e. The molecule has 0 aliphatic rings. The molecule has 0 radical (unpaired) electrons. The molecule has 96 valence electrons. The second kappa shape index (κ2) is 4.29. The Hall–Kier alpha value is -1.99.